The number of rotatable bonds is 1. The molecule has 1 aliphatic heterocycles. The van der Waals surface area contributed by atoms with E-state index in [-0.39, 0.29) is 0 Å². The van der Waals surface area contributed by atoms with Crippen molar-refractivity contribution >= 4 is 0 Å². The zero-order valence-electron chi connectivity index (χ0n) is 9.42. The fourth-order valence-corrected chi connectivity index (χ4v) is 3.24. The lowest BCUT2D eigenvalue weighted by molar-refractivity contribution is 0.342. The number of aryl methyl sites for hydroxylation is 1. The average Bonchev–Trinajstić information content (AvgIpc) is 2.94. The minimum Gasteiger partial charge on any atom is -0.317 e. The standard InChI is InChI=1S/C14H19N/c1-11-4-2-3-5-12(11)13-10-14(13)6-8-15-9-7-14/h2-5,13,15H,6-10H2,1H3. The second-order valence-electron chi connectivity index (χ2n) is 5.23. The minimum absolute atomic E-state index is 0.678. The van der Waals surface area contributed by atoms with E-state index in [0.29, 0.717) is 5.41 Å². The van der Waals surface area contributed by atoms with Crippen molar-refractivity contribution in [3.05, 3.63) is 35.4 Å². The number of nitrogens with one attached hydrogen (secondary N) is 1. The second kappa shape index (κ2) is 3.34. The molecule has 0 aromatic heterocycles. The maximum absolute atomic E-state index is 3.47. The highest BCUT2D eigenvalue weighted by molar-refractivity contribution is 5.36. The second-order valence-corrected chi connectivity index (χ2v) is 5.23. The molecule has 80 valence electrons. The molecule has 2 fully saturated rings. The molecule has 1 saturated heterocycles. The lowest BCUT2D eigenvalue weighted by atomic mass is 9.88. The van der Waals surface area contributed by atoms with Gasteiger partial charge in [-0.05, 0) is 61.7 Å². The number of hydrogen-bond acceptors (Lipinski definition) is 1. The molecule has 1 heteroatoms. The van der Waals surface area contributed by atoms with Gasteiger partial charge in [-0.15, -0.1) is 0 Å². The van der Waals surface area contributed by atoms with Gasteiger partial charge in [-0.2, -0.15) is 0 Å². The van der Waals surface area contributed by atoms with Crippen LogP contribution in [0.4, 0.5) is 0 Å². The Hall–Kier alpha value is -0.820. The van der Waals surface area contributed by atoms with Crippen molar-refractivity contribution < 1.29 is 0 Å². The van der Waals surface area contributed by atoms with E-state index in [1.54, 1.807) is 5.56 Å². The van der Waals surface area contributed by atoms with Crippen LogP contribution in [0.1, 0.15) is 36.3 Å². The summed E-state index contributed by atoms with van der Waals surface area (Å²) in [5.41, 5.74) is 3.77. The molecule has 1 heterocycles. The lowest BCUT2D eigenvalue weighted by Gasteiger charge is -2.24. The molecular weight excluding hydrogens is 182 g/mol. The fraction of sp³-hybridized carbons (Fsp3) is 0.571. The van der Waals surface area contributed by atoms with Crippen molar-refractivity contribution in [2.24, 2.45) is 5.41 Å². The predicted octanol–water partition coefficient (Wildman–Crippen LogP) is 2.85. The largest absolute Gasteiger partial charge is 0.317 e. The number of benzene rings is 1. The molecule has 1 aromatic carbocycles. The van der Waals surface area contributed by atoms with E-state index in [9.17, 15) is 0 Å². The zero-order valence-corrected chi connectivity index (χ0v) is 9.42. The molecule has 1 unspecified atom stereocenters. The SMILES string of the molecule is Cc1ccccc1C1CC12CCNCC2. The topological polar surface area (TPSA) is 12.0 Å². The highest BCUT2D eigenvalue weighted by atomic mass is 14.9. The third-order valence-electron chi connectivity index (χ3n) is 4.35. The van der Waals surface area contributed by atoms with E-state index in [2.05, 4.69) is 36.5 Å². The van der Waals surface area contributed by atoms with E-state index in [1.165, 1.54) is 37.9 Å². The van der Waals surface area contributed by atoms with Gasteiger partial charge in [-0.25, -0.2) is 0 Å². The molecule has 1 saturated carbocycles. The van der Waals surface area contributed by atoms with Crippen molar-refractivity contribution in [2.45, 2.75) is 32.1 Å². The first-order valence-electron chi connectivity index (χ1n) is 6.08. The highest BCUT2D eigenvalue weighted by Crippen LogP contribution is 2.64. The van der Waals surface area contributed by atoms with Gasteiger partial charge in [0.15, 0.2) is 0 Å². The zero-order chi connectivity index (χ0) is 10.3. The third-order valence-corrected chi connectivity index (χ3v) is 4.35. The molecule has 1 aromatic rings. The molecule has 2 aliphatic rings. The van der Waals surface area contributed by atoms with Gasteiger partial charge in [0.05, 0.1) is 0 Å². The van der Waals surface area contributed by atoms with Gasteiger partial charge in [-0.3, -0.25) is 0 Å². The number of hydrogen-bond donors (Lipinski definition) is 1. The van der Waals surface area contributed by atoms with Crippen molar-refractivity contribution in [1.82, 2.24) is 5.32 Å². The first-order chi connectivity index (χ1) is 7.32. The van der Waals surface area contributed by atoms with E-state index in [4.69, 9.17) is 0 Å². The van der Waals surface area contributed by atoms with Crippen molar-refractivity contribution in [2.75, 3.05) is 13.1 Å². The smallest absolute Gasteiger partial charge is 0.00434 e. The Bertz CT molecular complexity index is 363. The van der Waals surface area contributed by atoms with E-state index in [1.807, 2.05) is 0 Å². The van der Waals surface area contributed by atoms with Gasteiger partial charge >= 0.3 is 0 Å². The van der Waals surface area contributed by atoms with Gasteiger partial charge < -0.3 is 5.32 Å². The third kappa shape index (κ3) is 1.50. The summed E-state index contributed by atoms with van der Waals surface area (Å²) in [6, 6.07) is 8.92. The molecule has 3 rings (SSSR count). The Kier molecular flexibility index (Phi) is 2.10. The Morgan fingerprint density at radius 2 is 1.93 bits per heavy atom. The average molecular weight is 201 g/mol. The van der Waals surface area contributed by atoms with Crippen LogP contribution in [0.2, 0.25) is 0 Å². The molecule has 0 bridgehead atoms. The van der Waals surface area contributed by atoms with Crippen LogP contribution in [0.3, 0.4) is 0 Å². The highest BCUT2D eigenvalue weighted by Gasteiger charge is 2.54. The molecule has 1 N–H and O–H groups in total. The summed E-state index contributed by atoms with van der Waals surface area (Å²) in [6.07, 6.45) is 4.19. The van der Waals surface area contributed by atoms with Gasteiger partial charge in [0.25, 0.3) is 0 Å². The first-order valence-corrected chi connectivity index (χ1v) is 6.08. The maximum atomic E-state index is 3.47. The van der Waals surface area contributed by atoms with Gasteiger partial charge in [0.2, 0.25) is 0 Å². The van der Waals surface area contributed by atoms with E-state index in [0.717, 1.165) is 5.92 Å². The van der Waals surface area contributed by atoms with Crippen LogP contribution in [0, 0.1) is 12.3 Å². The Morgan fingerprint density at radius 1 is 1.20 bits per heavy atom. The summed E-state index contributed by atoms with van der Waals surface area (Å²) in [7, 11) is 0. The normalized spacial score (nSPS) is 27.9. The van der Waals surface area contributed by atoms with Crippen molar-refractivity contribution in [3.63, 3.8) is 0 Å². The molecule has 0 amide bonds. The number of piperidine rings is 1. The van der Waals surface area contributed by atoms with Crippen LogP contribution < -0.4 is 5.32 Å². The van der Waals surface area contributed by atoms with Crippen LogP contribution in [0.15, 0.2) is 24.3 Å². The van der Waals surface area contributed by atoms with Crippen LogP contribution >= 0.6 is 0 Å². The predicted molar refractivity (Wildman–Crippen MR) is 63.1 cm³/mol. The van der Waals surface area contributed by atoms with Crippen LogP contribution in [0.5, 0.6) is 0 Å². The molecule has 15 heavy (non-hydrogen) atoms. The Morgan fingerprint density at radius 3 is 2.67 bits per heavy atom. The summed E-state index contributed by atoms with van der Waals surface area (Å²) in [5, 5.41) is 3.47. The summed E-state index contributed by atoms with van der Waals surface area (Å²) < 4.78 is 0. The lowest BCUT2D eigenvalue weighted by Crippen LogP contribution is -2.29. The van der Waals surface area contributed by atoms with Crippen LogP contribution in [-0.2, 0) is 0 Å². The first kappa shape index (κ1) is 9.41. The molecule has 1 spiro atoms. The quantitative estimate of drug-likeness (QED) is 0.736. The molecule has 1 nitrogen and oxygen atoms in total. The fourth-order valence-electron chi connectivity index (χ4n) is 3.24. The van der Waals surface area contributed by atoms with Crippen molar-refractivity contribution in [1.29, 1.82) is 0 Å². The van der Waals surface area contributed by atoms with E-state index >= 15 is 0 Å². The van der Waals surface area contributed by atoms with Gasteiger partial charge in [0, 0.05) is 0 Å². The molecular formula is C14H19N. The van der Waals surface area contributed by atoms with Crippen molar-refractivity contribution in [3.8, 4) is 0 Å². The minimum atomic E-state index is 0.678. The molecule has 1 aliphatic carbocycles. The summed E-state index contributed by atoms with van der Waals surface area (Å²) in [5.74, 6) is 0.862. The Balaban J connectivity index is 1.84. The van der Waals surface area contributed by atoms with Gasteiger partial charge in [-0.1, -0.05) is 24.3 Å². The summed E-state index contributed by atoms with van der Waals surface area (Å²) in [4.78, 5) is 0. The van der Waals surface area contributed by atoms with E-state index < -0.39 is 0 Å². The Labute approximate surface area is 91.9 Å². The summed E-state index contributed by atoms with van der Waals surface area (Å²) in [6.45, 7) is 4.70. The van der Waals surface area contributed by atoms with Crippen LogP contribution in [-0.4, -0.2) is 13.1 Å². The van der Waals surface area contributed by atoms with Gasteiger partial charge in [0.1, 0.15) is 0 Å². The molecule has 1 atom stereocenters. The van der Waals surface area contributed by atoms with Crippen LogP contribution in [0.25, 0.3) is 0 Å². The monoisotopic (exact) mass is 201 g/mol. The summed E-state index contributed by atoms with van der Waals surface area (Å²) >= 11 is 0. The molecule has 0 radical (unpaired) electrons. The maximum Gasteiger partial charge on any atom is -0.00434 e.